The molecule has 0 fully saturated rings. The summed E-state index contributed by atoms with van der Waals surface area (Å²) in [6.45, 7) is 1.78. The quantitative estimate of drug-likeness (QED) is 0.749. The first-order valence-corrected chi connectivity index (χ1v) is 5.31. The highest BCUT2D eigenvalue weighted by Crippen LogP contribution is 2.20. The summed E-state index contributed by atoms with van der Waals surface area (Å²) < 4.78 is 26.6. The van der Waals surface area contributed by atoms with Crippen LogP contribution in [0.4, 0.5) is 8.78 Å². The van der Waals surface area contributed by atoms with Crippen molar-refractivity contribution >= 4 is 15.9 Å². The molecular weight excluding hydrogens is 278 g/mol. The summed E-state index contributed by atoms with van der Waals surface area (Å²) in [5.74, 6) is -0.988. The van der Waals surface area contributed by atoms with Gasteiger partial charge in [0.2, 0.25) is 0 Å². The fraction of sp³-hybridized carbons (Fsp3) is 0.0909. The maximum absolute atomic E-state index is 13.0. The summed E-state index contributed by atoms with van der Waals surface area (Å²) in [5.41, 5.74) is 1.04. The molecule has 0 aliphatic carbocycles. The molecule has 1 heterocycles. The van der Waals surface area contributed by atoms with Gasteiger partial charge in [0.15, 0.2) is 5.82 Å². The first kappa shape index (κ1) is 11.1. The van der Waals surface area contributed by atoms with Crippen LogP contribution in [0.15, 0.2) is 28.9 Å². The fourth-order valence-electron chi connectivity index (χ4n) is 1.34. The van der Waals surface area contributed by atoms with Crippen molar-refractivity contribution in [3.05, 3.63) is 46.2 Å². The molecule has 82 valence electrons. The van der Waals surface area contributed by atoms with Gasteiger partial charge in [-0.1, -0.05) is 0 Å². The molecule has 0 spiro atoms. The lowest BCUT2D eigenvalue weighted by molar-refractivity contribution is 0.584. The highest BCUT2D eigenvalue weighted by molar-refractivity contribution is 9.10. The van der Waals surface area contributed by atoms with E-state index in [1.165, 1.54) is 12.1 Å². The maximum Gasteiger partial charge on any atom is 0.160 e. The molecular formula is C11H7BrF2N2. The van der Waals surface area contributed by atoms with E-state index in [-0.39, 0.29) is 0 Å². The third-order valence-corrected chi connectivity index (χ3v) is 2.35. The molecule has 16 heavy (non-hydrogen) atoms. The van der Waals surface area contributed by atoms with Crippen LogP contribution >= 0.6 is 15.9 Å². The molecule has 0 unspecified atom stereocenters. The smallest absolute Gasteiger partial charge is 0.160 e. The van der Waals surface area contributed by atoms with Crippen molar-refractivity contribution in [1.82, 2.24) is 9.97 Å². The molecule has 1 aromatic carbocycles. The van der Waals surface area contributed by atoms with Crippen molar-refractivity contribution in [3.63, 3.8) is 0 Å². The lowest BCUT2D eigenvalue weighted by atomic mass is 10.2. The molecule has 5 heteroatoms. The molecule has 2 nitrogen and oxygen atoms in total. The third-order valence-electron chi connectivity index (χ3n) is 1.94. The van der Waals surface area contributed by atoms with E-state index >= 15 is 0 Å². The Morgan fingerprint density at radius 2 is 1.62 bits per heavy atom. The van der Waals surface area contributed by atoms with E-state index < -0.39 is 11.6 Å². The predicted octanol–water partition coefficient (Wildman–Crippen LogP) is 3.49. The molecule has 0 saturated carbocycles. The van der Waals surface area contributed by atoms with E-state index in [2.05, 4.69) is 25.9 Å². The van der Waals surface area contributed by atoms with Crippen molar-refractivity contribution in [3.8, 4) is 11.4 Å². The average molecular weight is 285 g/mol. The van der Waals surface area contributed by atoms with Gasteiger partial charge < -0.3 is 0 Å². The number of hydrogen-bond acceptors (Lipinski definition) is 2. The summed E-state index contributed by atoms with van der Waals surface area (Å²) in [6.07, 6.45) is 0. The first-order valence-electron chi connectivity index (χ1n) is 4.52. The Kier molecular flexibility index (Phi) is 2.96. The number of aryl methyl sites for hydroxylation is 1. The van der Waals surface area contributed by atoms with Crippen LogP contribution in [0.5, 0.6) is 0 Å². The topological polar surface area (TPSA) is 25.8 Å². The second-order valence-electron chi connectivity index (χ2n) is 3.31. The SMILES string of the molecule is Cc1cc(Br)nc(-c2cc(F)cc(F)c2)n1. The van der Waals surface area contributed by atoms with Crippen LogP contribution in [0, 0.1) is 18.6 Å². The molecule has 0 atom stereocenters. The highest BCUT2D eigenvalue weighted by atomic mass is 79.9. The molecule has 0 aliphatic heterocycles. The monoisotopic (exact) mass is 284 g/mol. The van der Waals surface area contributed by atoms with Crippen molar-refractivity contribution in [1.29, 1.82) is 0 Å². The average Bonchev–Trinajstić information content (AvgIpc) is 2.14. The van der Waals surface area contributed by atoms with Crippen LogP contribution in [0.2, 0.25) is 0 Å². The Bertz CT molecular complexity index is 454. The Balaban J connectivity index is 2.57. The zero-order valence-corrected chi connectivity index (χ0v) is 9.92. The van der Waals surface area contributed by atoms with Crippen molar-refractivity contribution in [2.75, 3.05) is 0 Å². The number of rotatable bonds is 1. The number of benzene rings is 1. The van der Waals surface area contributed by atoms with Gasteiger partial charge in [0.25, 0.3) is 0 Å². The van der Waals surface area contributed by atoms with Gasteiger partial charge in [-0.2, -0.15) is 0 Å². The number of hydrogen-bond donors (Lipinski definition) is 0. The standard InChI is InChI=1S/C11H7BrF2N2/c1-6-2-10(12)16-11(15-6)7-3-8(13)5-9(14)4-7/h2-5H,1H3. The lowest BCUT2D eigenvalue weighted by Crippen LogP contribution is -1.94. The van der Waals surface area contributed by atoms with Gasteiger partial charge in [-0.25, -0.2) is 18.7 Å². The number of nitrogens with zero attached hydrogens (tertiary/aromatic N) is 2. The van der Waals surface area contributed by atoms with Crippen LogP contribution in [0.1, 0.15) is 5.69 Å². The molecule has 0 bridgehead atoms. The minimum Gasteiger partial charge on any atom is -0.233 e. The minimum atomic E-state index is -0.642. The van der Waals surface area contributed by atoms with Crippen LogP contribution in [0.3, 0.4) is 0 Å². The summed E-state index contributed by atoms with van der Waals surface area (Å²) >= 11 is 3.21. The maximum atomic E-state index is 13.0. The Labute approximate surface area is 99.5 Å². The second-order valence-corrected chi connectivity index (χ2v) is 4.13. The molecule has 0 amide bonds. The summed E-state index contributed by atoms with van der Waals surface area (Å²) in [4.78, 5) is 8.17. The Morgan fingerprint density at radius 3 is 2.19 bits per heavy atom. The Hall–Kier alpha value is -1.36. The predicted molar refractivity (Wildman–Crippen MR) is 59.8 cm³/mol. The van der Waals surface area contributed by atoms with E-state index in [0.29, 0.717) is 16.0 Å². The van der Waals surface area contributed by atoms with Gasteiger partial charge in [-0.15, -0.1) is 0 Å². The van der Waals surface area contributed by atoms with Crippen LogP contribution in [-0.4, -0.2) is 9.97 Å². The van der Waals surface area contributed by atoms with Gasteiger partial charge >= 0.3 is 0 Å². The summed E-state index contributed by atoms with van der Waals surface area (Å²) in [7, 11) is 0. The van der Waals surface area contributed by atoms with E-state index in [1.54, 1.807) is 13.0 Å². The summed E-state index contributed by atoms with van der Waals surface area (Å²) in [5, 5.41) is 0. The van der Waals surface area contributed by atoms with Crippen molar-refractivity contribution in [2.45, 2.75) is 6.92 Å². The van der Waals surface area contributed by atoms with Crippen molar-refractivity contribution < 1.29 is 8.78 Å². The van der Waals surface area contributed by atoms with Crippen LogP contribution < -0.4 is 0 Å². The third kappa shape index (κ3) is 2.41. The second kappa shape index (κ2) is 4.25. The number of halogens is 3. The van der Waals surface area contributed by atoms with E-state index in [0.717, 1.165) is 11.8 Å². The fourth-order valence-corrected chi connectivity index (χ4v) is 1.84. The number of aromatic nitrogens is 2. The van der Waals surface area contributed by atoms with Gasteiger partial charge in [-0.3, -0.25) is 0 Å². The summed E-state index contributed by atoms with van der Waals surface area (Å²) in [6, 6.07) is 4.93. The Morgan fingerprint density at radius 1 is 1.00 bits per heavy atom. The molecule has 0 aliphatic rings. The van der Waals surface area contributed by atoms with E-state index in [4.69, 9.17) is 0 Å². The molecule has 0 N–H and O–H groups in total. The van der Waals surface area contributed by atoms with Gasteiger partial charge in [-0.05, 0) is 41.1 Å². The highest BCUT2D eigenvalue weighted by Gasteiger charge is 2.07. The van der Waals surface area contributed by atoms with Gasteiger partial charge in [0, 0.05) is 17.3 Å². The lowest BCUT2D eigenvalue weighted by Gasteiger charge is -2.03. The molecule has 2 rings (SSSR count). The van der Waals surface area contributed by atoms with Gasteiger partial charge in [0.05, 0.1) is 0 Å². The van der Waals surface area contributed by atoms with E-state index in [9.17, 15) is 8.78 Å². The minimum absolute atomic E-state index is 0.297. The zero-order chi connectivity index (χ0) is 11.7. The molecule has 0 radical (unpaired) electrons. The van der Waals surface area contributed by atoms with Crippen LogP contribution in [-0.2, 0) is 0 Å². The van der Waals surface area contributed by atoms with Crippen molar-refractivity contribution in [2.24, 2.45) is 0 Å². The molecule has 1 aromatic heterocycles. The van der Waals surface area contributed by atoms with Gasteiger partial charge in [0.1, 0.15) is 16.2 Å². The normalized spacial score (nSPS) is 10.5. The molecule has 2 aromatic rings. The van der Waals surface area contributed by atoms with E-state index in [1.807, 2.05) is 0 Å². The largest absolute Gasteiger partial charge is 0.233 e. The van der Waals surface area contributed by atoms with Crippen LogP contribution in [0.25, 0.3) is 11.4 Å². The first-order chi connectivity index (χ1) is 7.54. The molecule has 0 saturated heterocycles. The zero-order valence-electron chi connectivity index (χ0n) is 8.34.